The molecule has 0 saturated heterocycles. The number of nitrogens with zero attached hydrogens (tertiary/aromatic N) is 1. The van der Waals surface area contributed by atoms with Crippen molar-refractivity contribution < 1.29 is 0 Å². The molecular formula is C9H19N. The maximum Gasteiger partial charge on any atom is 0.01000 e. The molecular weight excluding hydrogens is 122 g/mol. The van der Waals surface area contributed by atoms with Gasteiger partial charge in [0.25, 0.3) is 0 Å². The zero-order chi connectivity index (χ0) is 7.72. The van der Waals surface area contributed by atoms with Gasteiger partial charge in [-0.15, -0.1) is 0 Å². The molecule has 10 heavy (non-hydrogen) atoms. The first-order valence-corrected chi connectivity index (χ1v) is 4.33. The molecule has 60 valence electrons. The zero-order valence-electron chi connectivity index (χ0n) is 7.59. The van der Waals surface area contributed by atoms with Gasteiger partial charge in [0, 0.05) is 12.1 Å². The molecule has 1 rings (SSSR count). The van der Waals surface area contributed by atoms with Crippen LogP contribution in [0.4, 0.5) is 0 Å². The lowest BCUT2D eigenvalue weighted by atomic mass is 9.80. The van der Waals surface area contributed by atoms with Crippen molar-refractivity contribution in [1.29, 1.82) is 0 Å². The highest BCUT2D eigenvalue weighted by atomic mass is 15.2. The third kappa shape index (κ3) is 1.51. The van der Waals surface area contributed by atoms with Crippen LogP contribution >= 0.6 is 0 Å². The molecule has 1 fully saturated rings. The van der Waals surface area contributed by atoms with Crippen LogP contribution in [-0.4, -0.2) is 24.0 Å². The highest BCUT2D eigenvalue weighted by Gasteiger charge is 2.29. The lowest BCUT2D eigenvalue weighted by molar-refractivity contribution is 0.0854. The Morgan fingerprint density at radius 2 is 1.80 bits per heavy atom. The van der Waals surface area contributed by atoms with Crippen LogP contribution in [0.1, 0.15) is 33.6 Å². The lowest BCUT2D eigenvalue weighted by Crippen LogP contribution is -2.44. The molecule has 0 bridgehead atoms. The predicted octanol–water partition coefficient (Wildman–Crippen LogP) is 2.13. The van der Waals surface area contributed by atoms with Crippen molar-refractivity contribution in [2.75, 3.05) is 7.05 Å². The fourth-order valence-corrected chi connectivity index (χ4v) is 1.61. The van der Waals surface area contributed by atoms with Gasteiger partial charge in [0.15, 0.2) is 0 Å². The molecule has 0 heterocycles. The maximum atomic E-state index is 2.49. The third-order valence-electron chi connectivity index (χ3n) is 2.74. The van der Waals surface area contributed by atoms with Crippen molar-refractivity contribution in [1.82, 2.24) is 4.90 Å². The normalized spacial score (nSPS) is 33.0. The van der Waals surface area contributed by atoms with Crippen LogP contribution in [0.2, 0.25) is 0 Å². The molecule has 0 aromatic rings. The second-order valence-corrected chi connectivity index (χ2v) is 3.99. The van der Waals surface area contributed by atoms with Gasteiger partial charge in [-0.2, -0.15) is 0 Å². The molecule has 1 aliphatic carbocycles. The van der Waals surface area contributed by atoms with E-state index in [1.807, 2.05) is 0 Å². The average molecular weight is 141 g/mol. The quantitative estimate of drug-likeness (QED) is 0.569. The Bertz CT molecular complexity index is 103. The van der Waals surface area contributed by atoms with Crippen molar-refractivity contribution in [3.8, 4) is 0 Å². The number of hydrogen-bond donors (Lipinski definition) is 0. The van der Waals surface area contributed by atoms with Crippen LogP contribution in [0.3, 0.4) is 0 Å². The first-order chi connectivity index (χ1) is 4.61. The first kappa shape index (κ1) is 8.06. The van der Waals surface area contributed by atoms with E-state index in [4.69, 9.17) is 0 Å². The van der Waals surface area contributed by atoms with E-state index in [2.05, 4.69) is 32.7 Å². The molecule has 0 aromatic carbocycles. The summed E-state index contributed by atoms with van der Waals surface area (Å²) in [6.07, 6.45) is 2.82. The smallest absolute Gasteiger partial charge is 0.01000 e. The fourth-order valence-electron chi connectivity index (χ4n) is 1.61. The largest absolute Gasteiger partial charge is 0.301 e. The van der Waals surface area contributed by atoms with Crippen molar-refractivity contribution >= 4 is 0 Å². The van der Waals surface area contributed by atoms with Crippen molar-refractivity contribution in [3.05, 3.63) is 0 Å². The van der Waals surface area contributed by atoms with Gasteiger partial charge in [-0.1, -0.05) is 6.92 Å². The van der Waals surface area contributed by atoms with Crippen molar-refractivity contribution in [2.24, 2.45) is 5.92 Å². The molecule has 0 aliphatic heterocycles. The van der Waals surface area contributed by atoms with E-state index in [0.29, 0.717) is 0 Å². The lowest BCUT2D eigenvalue weighted by Gasteiger charge is -2.41. The van der Waals surface area contributed by atoms with Crippen LogP contribution in [-0.2, 0) is 0 Å². The zero-order valence-corrected chi connectivity index (χ0v) is 7.59. The Kier molecular flexibility index (Phi) is 2.35. The number of hydrogen-bond acceptors (Lipinski definition) is 1. The van der Waals surface area contributed by atoms with E-state index in [1.54, 1.807) is 0 Å². The Morgan fingerprint density at radius 1 is 1.30 bits per heavy atom. The molecule has 1 nitrogen and oxygen atoms in total. The molecule has 1 heteroatoms. The van der Waals surface area contributed by atoms with Gasteiger partial charge in [-0.05, 0) is 39.7 Å². The standard InChI is InChI=1S/C9H19N/c1-7(2)10(4)9-5-8(3)6-9/h7-9H,5-6H2,1-4H3/t8-,9-. The second kappa shape index (κ2) is 2.91. The summed E-state index contributed by atoms with van der Waals surface area (Å²) in [6, 6.07) is 1.60. The predicted molar refractivity (Wildman–Crippen MR) is 45.1 cm³/mol. The van der Waals surface area contributed by atoms with E-state index in [1.165, 1.54) is 12.8 Å². The molecule has 0 radical (unpaired) electrons. The second-order valence-electron chi connectivity index (χ2n) is 3.99. The maximum absolute atomic E-state index is 2.49. The summed E-state index contributed by atoms with van der Waals surface area (Å²) in [6.45, 7) is 6.87. The van der Waals surface area contributed by atoms with E-state index in [0.717, 1.165) is 18.0 Å². The monoisotopic (exact) mass is 141 g/mol. The minimum absolute atomic E-state index is 0.720. The van der Waals surface area contributed by atoms with Crippen LogP contribution in [0.5, 0.6) is 0 Å². The summed E-state index contributed by atoms with van der Waals surface area (Å²) < 4.78 is 0. The Morgan fingerprint density at radius 3 is 2.10 bits per heavy atom. The summed E-state index contributed by atoms with van der Waals surface area (Å²) in [4.78, 5) is 2.49. The van der Waals surface area contributed by atoms with Crippen molar-refractivity contribution in [2.45, 2.75) is 45.7 Å². The molecule has 1 saturated carbocycles. The molecule has 0 unspecified atom stereocenters. The average Bonchev–Trinajstić information content (AvgIpc) is 1.79. The van der Waals surface area contributed by atoms with E-state index in [9.17, 15) is 0 Å². The topological polar surface area (TPSA) is 3.24 Å². The van der Waals surface area contributed by atoms with Gasteiger partial charge in [0.05, 0.1) is 0 Å². The van der Waals surface area contributed by atoms with Crippen LogP contribution in [0.25, 0.3) is 0 Å². The van der Waals surface area contributed by atoms with Crippen LogP contribution < -0.4 is 0 Å². The van der Waals surface area contributed by atoms with Gasteiger partial charge in [0.2, 0.25) is 0 Å². The van der Waals surface area contributed by atoms with E-state index in [-0.39, 0.29) is 0 Å². The number of rotatable bonds is 2. The van der Waals surface area contributed by atoms with Gasteiger partial charge < -0.3 is 4.90 Å². The van der Waals surface area contributed by atoms with E-state index < -0.39 is 0 Å². The van der Waals surface area contributed by atoms with E-state index >= 15 is 0 Å². The van der Waals surface area contributed by atoms with Crippen molar-refractivity contribution in [3.63, 3.8) is 0 Å². The molecule has 0 aromatic heterocycles. The third-order valence-corrected chi connectivity index (χ3v) is 2.74. The van der Waals surface area contributed by atoms with Crippen LogP contribution in [0.15, 0.2) is 0 Å². The van der Waals surface area contributed by atoms with Gasteiger partial charge in [-0.25, -0.2) is 0 Å². The molecule has 0 amide bonds. The Labute approximate surface area is 64.4 Å². The Hall–Kier alpha value is -0.0400. The summed E-state index contributed by atoms with van der Waals surface area (Å²) in [5.41, 5.74) is 0. The molecule has 0 spiro atoms. The summed E-state index contributed by atoms with van der Waals surface area (Å²) >= 11 is 0. The van der Waals surface area contributed by atoms with Gasteiger partial charge in [-0.3, -0.25) is 0 Å². The van der Waals surface area contributed by atoms with Crippen LogP contribution in [0, 0.1) is 5.92 Å². The van der Waals surface area contributed by atoms with Gasteiger partial charge in [0.1, 0.15) is 0 Å². The van der Waals surface area contributed by atoms with Gasteiger partial charge >= 0.3 is 0 Å². The summed E-state index contributed by atoms with van der Waals surface area (Å²) in [5, 5.41) is 0. The highest BCUT2D eigenvalue weighted by molar-refractivity contribution is 4.84. The SMILES string of the molecule is CC(C)N(C)[C@H]1C[C@H](C)C1. The summed E-state index contributed by atoms with van der Waals surface area (Å²) in [5.74, 6) is 0.978. The molecule has 0 atom stereocenters. The molecule has 0 N–H and O–H groups in total. The summed E-state index contributed by atoms with van der Waals surface area (Å²) in [7, 11) is 2.24. The first-order valence-electron chi connectivity index (χ1n) is 4.33. The highest BCUT2D eigenvalue weighted by Crippen LogP contribution is 2.30. The Balaban J connectivity index is 2.24. The minimum Gasteiger partial charge on any atom is -0.301 e. The fraction of sp³-hybridized carbons (Fsp3) is 1.00. The molecule has 1 aliphatic rings. The minimum atomic E-state index is 0.720.